The Hall–Kier alpha value is -0.740. The molecule has 0 spiro atoms. The van der Waals surface area contributed by atoms with Crippen molar-refractivity contribution >= 4 is 27.3 Å². The monoisotopic (exact) mass is 316 g/mol. The Kier molecular flexibility index (Phi) is 3.64. The number of hydrogen-bond donors (Lipinski definition) is 0. The van der Waals surface area contributed by atoms with E-state index in [1.54, 1.807) is 24.3 Å². The van der Waals surface area contributed by atoms with Crippen LogP contribution < -0.4 is 0 Å². The normalized spacial score (nSPS) is 12.8. The quantitative estimate of drug-likeness (QED) is 0.674. The zero-order valence-corrected chi connectivity index (χ0v) is 11.8. The summed E-state index contributed by atoms with van der Waals surface area (Å²) in [5.41, 5.74) is 0.935. The molecule has 4 heteroatoms. The number of thiophene rings is 1. The van der Waals surface area contributed by atoms with E-state index in [-0.39, 0.29) is 4.83 Å². The van der Waals surface area contributed by atoms with Crippen LogP contribution in [0, 0.1) is 25.5 Å². The van der Waals surface area contributed by atoms with Gasteiger partial charge in [0, 0.05) is 21.4 Å². The lowest BCUT2D eigenvalue weighted by atomic mass is 10.1. The van der Waals surface area contributed by atoms with Crippen LogP contribution in [0.4, 0.5) is 8.78 Å². The van der Waals surface area contributed by atoms with E-state index in [2.05, 4.69) is 15.9 Å². The van der Waals surface area contributed by atoms with Crippen LogP contribution in [0.15, 0.2) is 24.3 Å². The van der Waals surface area contributed by atoms with Crippen molar-refractivity contribution in [3.8, 4) is 0 Å². The molecule has 1 aromatic heterocycles. The number of halogens is 3. The number of hydrogen-bond acceptors (Lipinski definition) is 1. The first kappa shape index (κ1) is 12.7. The SMILES string of the molecule is Cc1ccc(C(Br)c2cc(C)c(F)cc2F)s1. The number of rotatable bonds is 2. The van der Waals surface area contributed by atoms with Crippen molar-refractivity contribution in [1.82, 2.24) is 0 Å². The van der Waals surface area contributed by atoms with Crippen LogP contribution in [0.3, 0.4) is 0 Å². The van der Waals surface area contributed by atoms with E-state index in [4.69, 9.17) is 0 Å². The van der Waals surface area contributed by atoms with Gasteiger partial charge in [-0.05, 0) is 37.6 Å². The van der Waals surface area contributed by atoms with Crippen LogP contribution in [-0.4, -0.2) is 0 Å². The minimum absolute atomic E-state index is 0.222. The Morgan fingerprint density at radius 2 is 1.82 bits per heavy atom. The molecule has 0 radical (unpaired) electrons. The zero-order chi connectivity index (χ0) is 12.6. The molecule has 1 aromatic carbocycles. The highest BCUT2D eigenvalue weighted by Crippen LogP contribution is 2.37. The molecule has 0 nitrogen and oxygen atoms in total. The van der Waals surface area contributed by atoms with Crippen molar-refractivity contribution in [2.45, 2.75) is 18.7 Å². The lowest BCUT2D eigenvalue weighted by Gasteiger charge is -2.11. The van der Waals surface area contributed by atoms with Gasteiger partial charge in [0.05, 0.1) is 4.83 Å². The first-order valence-corrected chi connectivity index (χ1v) is 6.88. The molecule has 0 aliphatic carbocycles. The van der Waals surface area contributed by atoms with Crippen LogP contribution in [0.25, 0.3) is 0 Å². The molecular formula is C13H11BrF2S. The molecule has 0 saturated heterocycles. The van der Waals surface area contributed by atoms with E-state index in [0.29, 0.717) is 11.1 Å². The van der Waals surface area contributed by atoms with Gasteiger partial charge >= 0.3 is 0 Å². The van der Waals surface area contributed by atoms with Crippen LogP contribution >= 0.6 is 27.3 Å². The molecular weight excluding hydrogens is 306 g/mol. The van der Waals surface area contributed by atoms with Gasteiger partial charge < -0.3 is 0 Å². The highest BCUT2D eigenvalue weighted by molar-refractivity contribution is 9.09. The third kappa shape index (κ3) is 2.58. The van der Waals surface area contributed by atoms with Crippen molar-refractivity contribution in [2.24, 2.45) is 0 Å². The molecule has 0 amide bonds. The van der Waals surface area contributed by atoms with Gasteiger partial charge in [0.25, 0.3) is 0 Å². The summed E-state index contributed by atoms with van der Waals surface area (Å²) in [6.45, 7) is 3.64. The van der Waals surface area contributed by atoms with Gasteiger partial charge in [0.2, 0.25) is 0 Å². The van der Waals surface area contributed by atoms with Gasteiger partial charge in [0.1, 0.15) is 11.6 Å². The molecule has 0 aliphatic rings. The lowest BCUT2D eigenvalue weighted by molar-refractivity contribution is 0.569. The minimum Gasteiger partial charge on any atom is -0.207 e. The smallest absolute Gasteiger partial charge is 0.130 e. The summed E-state index contributed by atoms with van der Waals surface area (Å²) in [5, 5.41) is 0. The van der Waals surface area contributed by atoms with Crippen molar-refractivity contribution in [3.63, 3.8) is 0 Å². The van der Waals surface area contributed by atoms with Gasteiger partial charge in [0.15, 0.2) is 0 Å². The van der Waals surface area contributed by atoms with E-state index in [0.717, 1.165) is 10.9 Å². The Morgan fingerprint density at radius 1 is 1.12 bits per heavy atom. The first-order valence-electron chi connectivity index (χ1n) is 5.15. The van der Waals surface area contributed by atoms with Crippen molar-refractivity contribution < 1.29 is 8.78 Å². The Labute approximate surface area is 111 Å². The fourth-order valence-electron chi connectivity index (χ4n) is 1.62. The molecule has 90 valence electrons. The largest absolute Gasteiger partial charge is 0.207 e. The van der Waals surface area contributed by atoms with Crippen LogP contribution in [0.2, 0.25) is 0 Å². The maximum absolute atomic E-state index is 13.7. The van der Waals surface area contributed by atoms with Gasteiger partial charge in [-0.1, -0.05) is 15.9 Å². The second kappa shape index (κ2) is 4.86. The standard InChI is InChI=1S/C13H11BrF2S/c1-7-5-9(11(16)6-10(7)15)13(14)12-4-3-8(2)17-12/h3-6,13H,1-2H3. The third-order valence-electron chi connectivity index (χ3n) is 2.56. The molecule has 1 atom stereocenters. The summed E-state index contributed by atoms with van der Waals surface area (Å²) < 4.78 is 26.9. The second-order valence-corrected chi connectivity index (χ2v) is 6.17. The minimum atomic E-state index is -0.513. The molecule has 0 saturated carbocycles. The summed E-state index contributed by atoms with van der Waals surface area (Å²) in [6.07, 6.45) is 0. The number of alkyl halides is 1. The maximum atomic E-state index is 13.7. The van der Waals surface area contributed by atoms with E-state index >= 15 is 0 Å². The van der Waals surface area contributed by atoms with E-state index in [1.165, 1.54) is 4.88 Å². The zero-order valence-electron chi connectivity index (χ0n) is 9.43. The predicted octanol–water partition coefficient (Wildman–Crippen LogP) is 5.13. The van der Waals surface area contributed by atoms with Gasteiger partial charge in [-0.2, -0.15) is 0 Å². The summed E-state index contributed by atoms with van der Waals surface area (Å²) in [7, 11) is 0. The number of aryl methyl sites for hydroxylation is 2. The predicted molar refractivity (Wildman–Crippen MR) is 70.9 cm³/mol. The Morgan fingerprint density at radius 3 is 2.41 bits per heavy atom. The Balaban J connectivity index is 2.43. The van der Waals surface area contributed by atoms with Gasteiger partial charge in [-0.15, -0.1) is 11.3 Å². The van der Waals surface area contributed by atoms with Gasteiger partial charge in [-0.25, -0.2) is 8.78 Å². The van der Waals surface area contributed by atoms with E-state index in [1.807, 2.05) is 19.1 Å². The average Bonchev–Trinajstić information content (AvgIpc) is 2.69. The summed E-state index contributed by atoms with van der Waals surface area (Å²) in [4.78, 5) is 1.97. The fourth-order valence-corrected chi connectivity index (χ4v) is 3.27. The summed E-state index contributed by atoms with van der Waals surface area (Å²) >= 11 is 5.07. The lowest BCUT2D eigenvalue weighted by Crippen LogP contribution is -1.97. The number of benzene rings is 1. The van der Waals surface area contributed by atoms with Crippen molar-refractivity contribution in [1.29, 1.82) is 0 Å². The molecule has 0 bridgehead atoms. The molecule has 17 heavy (non-hydrogen) atoms. The average molecular weight is 317 g/mol. The van der Waals surface area contributed by atoms with Crippen molar-refractivity contribution in [3.05, 3.63) is 56.8 Å². The first-order chi connectivity index (χ1) is 7.99. The van der Waals surface area contributed by atoms with Gasteiger partial charge in [-0.3, -0.25) is 0 Å². The van der Waals surface area contributed by atoms with Crippen LogP contribution in [0.5, 0.6) is 0 Å². The molecule has 2 rings (SSSR count). The summed E-state index contributed by atoms with van der Waals surface area (Å²) in [5.74, 6) is -1.02. The highest BCUT2D eigenvalue weighted by atomic mass is 79.9. The maximum Gasteiger partial charge on any atom is 0.130 e. The van der Waals surface area contributed by atoms with E-state index in [9.17, 15) is 8.78 Å². The van der Waals surface area contributed by atoms with Crippen molar-refractivity contribution in [2.75, 3.05) is 0 Å². The fraction of sp³-hybridized carbons (Fsp3) is 0.231. The molecule has 1 heterocycles. The molecule has 0 aliphatic heterocycles. The van der Waals surface area contributed by atoms with Crippen LogP contribution in [0.1, 0.15) is 25.7 Å². The third-order valence-corrected chi connectivity index (χ3v) is 4.92. The Bertz CT molecular complexity index is 548. The molecule has 1 unspecified atom stereocenters. The molecule has 0 N–H and O–H groups in total. The second-order valence-electron chi connectivity index (χ2n) is 3.93. The molecule has 2 aromatic rings. The van der Waals surface area contributed by atoms with E-state index < -0.39 is 11.6 Å². The van der Waals surface area contributed by atoms with Crippen LogP contribution in [-0.2, 0) is 0 Å². The topological polar surface area (TPSA) is 0 Å². The highest BCUT2D eigenvalue weighted by Gasteiger charge is 2.18. The summed E-state index contributed by atoms with van der Waals surface area (Å²) in [6, 6.07) is 6.44. The molecule has 0 fully saturated rings.